The van der Waals surface area contributed by atoms with Crippen LogP contribution in [-0.2, 0) is 0 Å². The third-order valence-electron chi connectivity index (χ3n) is 2.15. The van der Waals surface area contributed by atoms with E-state index < -0.39 is 5.82 Å². The number of benzene rings is 2. The molecule has 0 amide bonds. The van der Waals surface area contributed by atoms with Crippen LogP contribution in [0, 0.1) is 17.1 Å². The number of aromatic hydroxyl groups is 1. The van der Waals surface area contributed by atoms with Crippen LogP contribution < -0.4 is 0 Å². The summed E-state index contributed by atoms with van der Waals surface area (Å²) in [4.78, 5) is 0.960. The first-order valence-corrected chi connectivity index (χ1v) is 5.68. The number of hydrogen-bond acceptors (Lipinski definition) is 3. The van der Waals surface area contributed by atoms with Crippen molar-refractivity contribution < 1.29 is 9.50 Å². The molecule has 0 radical (unpaired) electrons. The standard InChI is InChI=1S/C13H8FNOS/c14-10-7-9(8-15)5-6-12(10)17-13-4-2-1-3-11(13)16/h1-7,16H. The Bertz CT molecular complexity index is 592. The molecule has 2 rings (SSSR count). The van der Waals surface area contributed by atoms with Crippen molar-refractivity contribution in [2.75, 3.05) is 0 Å². The van der Waals surface area contributed by atoms with Gasteiger partial charge < -0.3 is 5.11 Å². The zero-order chi connectivity index (χ0) is 12.3. The van der Waals surface area contributed by atoms with Crippen molar-refractivity contribution in [1.29, 1.82) is 5.26 Å². The van der Waals surface area contributed by atoms with E-state index in [1.807, 2.05) is 6.07 Å². The maximum Gasteiger partial charge on any atom is 0.138 e. The van der Waals surface area contributed by atoms with Crippen LogP contribution in [0.4, 0.5) is 4.39 Å². The molecule has 1 N–H and O–H groups in total. The lowest BCUT2D eigenvalue weighted by Crippen LogP contribution is -1.84. The van der Waals surface area contributed by atoms with Crippen molar-refractivity contribution >= 4 is 11.8 Å². The molecule has 17 heavy (non-hydrogen) atoms. The predicted molar refractivity (Wildman–Crippen MR) is 63.3 cm³/mol. The van der Waals surface area contributed by atoms with Crippen molar-refractivity contribution in [2.24, 2.45) is 0 Å². The average molecular weight is 245 g/mol. The summed E-state index contributed by atoms with van der Waals surface area (Å²) in [5.74, 6) is -0.349. The van der Waals surface area contributed by atoms with Gasteiger partial charge in [-0.1, -0.05) is 23.9 Å². The lowest BCUT2D eigenvalue weighted by atomic mass is 10.2. The first-order chi connectivity index (χ1) is 8.20. The van der Waals surface area contributed by atoms with E-state index >= 15 is 0 Å². The first-order valence-electron chi connectivity index (χ1n) is 4.86. The molecule has 4 heteroatoms. The molecular formula is C13H8FNOS. The normalized spacial score (nSPS) is 9.88. The molecule has 0 aliphatic heterocycles. The zero-order valence-corrected chi connectivity index (χ0v) is 9.54. The van der Waals surface area contributed by atoms with Gasteiger partial charge in [-0.15, -0.1) is 0 Å². The van der Waals surface area contributed by atoms with Crippen LogP contribution in [0.1, 0.15) is 5.56 Å². The van der Waals surface area contributed by atoms with Crippen LogP contribution in [-0.4, -0.2) is 5.11 Å². The van der Waals surface area contributed by atoms with Crippen LogP contribution in [0.5, 0.6) is 5.75 Å². The Morgan fingerprint density at radius 2 is 1.88 bits per heavy atom. The molecule has 84 valence electrons. The third-order valence-corrected chi connectivity index (χ3v) is 3.26. The highest BCUT2D eigenvalue weighted by atomic mass is 32.2. The molecule has 0 aliphatic rings. The van der Waals surface area contributed by atoms with E-state index in [0.29, 0.717) is 9.79 Å². The van der Waals surface area contributed by atoms with E-state index in [9.17, 15) is 9.50 Å². The fourth-order valence-electron chi connectivity index (χ4n) is 1.32. The molecule has 0 fully saturated rings. The number of phenolic OH excluding ortho intramolecular Hbond substituents is 1. The van der Waals surface area contributed by atoms with E-state index in [2.05, 4.69) is 0 Å². The van der Waals surface area contributed by atoms with E-state index in [1.54, 1.807) is 30.3 Å². The molecular weight excluding hydrogens is 237 g/mol. The van der Waals surface area contributed by atoms with Gasteiger partial charge in [-0.25, -0.2) is 4.39 Å². The summed E-state index contributed by atoms with van der Waals surface area (Å²) < 4.78 is 13.6. The molecule has 0 saturated carbocycles. The molecule has 0 aromatic heterocycles. The summed E-state index contributed by atoms with van der Waals surface area (Å²) in [6, 6.07) is 12.9. The Morgan fingerprint density at radius 3 is 2.53 bits per heavy atom. The molecule has 0 spiro atoms. The number of para-hydroxylation sites is 1. The molecule has 0 unspecified atom stereocenters. The van der Waals surface area contributed by atoms with Gasteiger partial charge in [0.15, 0.2) is 0 Å². The van der Waals surface area contributed by atoms with E-state index in [1.165, 1.54) is 12.1 Å². The number of rotatable bonds is 2. The Labute approximate surface area is 102 Å². The van der Waals surface area contributed by atoms with Gasteiger partial charge in [-0.2, -0.15) is 5.26 Å². The summed E-state index contributed by atoms with van der Waals surface area (Å²) >= 11 is 1.13. The molecule has 0 aliphatic carbocycles. The van der Waals surface area contributed by atoms with Crippen LogP contribution >= 0.6 is 11.8 Å². The minimum atomic E-state index is -0.461. The number of hydrogen-bond donors (Lipinski definition) is 1. The Balaban J connectivity index is 2.32. The fourth-order valence-corrected chi connectivity index (χ4v) is 2.16. The smallest absolute Gasteiger partial charge is 0.138 e. The van der Waals surface area contributed by atoms with Crippen molar-refractivity contribution in [3.63, 3.8) is 0 Å². The summed E-state index contributed by atoms with van der Waals surface area (Å²) in [5.41, 5.74) is 0.282. The summed E-state index contributed by atoms with van der Waals surface area (Å²) in [6.07, 6.45) is 0. The maximum atomic E-state index is 13.6. The Morgan fingerprint density at radius 1 is 1.12 bits per heavy atom. The van der Waals surface area contributed by atoms with Gasteiger partial charge in [0.05, 0.1) is 16.5 Å². The second-order valence-corrected chi connectivity index (χ2v) is 4.41. The van der Waals surface area contributed by atoms with Gasteiger partial charge in [-0.3, -0.25) is 0 Å². The number of phenols is 1. The largest absolute Gasteiger partial charge is 0.507 e. The molecule has 2 aromatic carbocycles. The summed E-state index contributed by atoms with van der Waals surface area (Å²) in [5, 5.41) is 18.2. The highest BCUT2D eigenvalue weighted by Crippen LogP contribution is 2.35. The van der Waals surface area contributed by atoms with Crippen LogP contribution in [0.2, 0.25) is 0 Å². The van der Waals surface area contributed by atoms with E-state index in [0.717, 1.165) is 11.8 Å². The van der Waals surface area contributed by atoms with Gasteiger partial charge in [0.1, 0.15) is 11.6 Å². The van der Waals surface area contributed by atoms with Crippen molar-refractivity contribution in [3.05, 3.63) is 53.8 Å². The maximum absolute atomic E-state index is 13.6. The minimum Gasteiger partial charge on any atom is -0.507 e. The third kappa shape index (κ3) is 2.58. The monoisotopic (exact) mass is 245 g/mol. The average Bonchev–Trinajstić information content (AvgIpc) is 2.34. The molecule has 0 heterocycles. The number of nitrogens with zero attached hydrogens (tertiary/aromatic N) is 1. The fraction of sp³-hybridized carbons (Fsp3) is 0. The van der Waals surface area contributed by atoms with Crippen LogP contribution in [0.25, 0.3) is 0 Å². The highest BCUT2D eigenvalue weighted by Gasteiger charge is 2.07. The van der Waals surface area contributed by atoms with Gasteiger partial charge in [0, 0.05) is 4.90 Å². The van der Waals surface area contributed by atoms with Crippen molar-refractivity contribution in [2.45, 2.75) is 9.79 Å². The lowest BCUT2D eigenvalue weighted by Gasteiger charge is -2.05. The van der Waals surface area contributed by atoms with Crippen LogP contribution in [0.3, 0.4) is 0 Å². The predicted octanol–water partition coefficient (Wildman–Crippen LogP) is 3.55. The topological polar surface area (TPSA) is 44.0 Å². The lowest BCUT2D eigenvalue weighted by molar-refractivity contribution is 0.462. The quantitative estimate of drug-likeness (QED) is 0.879. The highest BCUT2D eigenvalue weighted by molar-refractivity contribution is 7.99. The molecule has 2 nitrogen and oxygen atoms in total. The Hall–Kier alpha value is -1.99. The molecule has 2 aromatic rings. The van der Waals surface area contributed by atoms with Gasteiger partial charge in [0.2, 0.25) is 0 Å². The van der Waals surface area contributed by atoms with Crippen molar-refractivity contribution in [1.82, 2.24) is 0 Å². The van der Waals surface area contributed by atoms with Gasteiger partial charge in [0.25, 0.3) is 0 Å². The second kappa shape index (κ2) is 4.89. The SMILES string of the molecule is N#Cc1ccc(Sc2ccccc2O)c(F)c1. The molecule has 0 bridgehead atoms. The second-order valence-electron chi connectivity index (χ2n) is 3.33. The van der Waals surface area contributed by atoms with E-state index in [-0.39, 0.29) is 11.3 Å². The van der Waals surface area contributed by atoms with Crippen LogP contribution in [0.15, 0.2) is 52.3 Å². The van der Waals surface area contributed by atoms with E-state index in [4.69, 9.17) is 5.26 Å². The zero-order valence-electron chi connectivity index (χ0n) is 8.72. The van der Waals surface area contributed by atoms with Crippen molar-refractivity contribution in [3.8, 4) is 11.8 Å². The summed E-state index contributed by atoms with van der Waals surface area (Å²) in [7, 11) is 0. The first kappa shape index (κ1) is 11.5. The number of halogens is 1. The molecule has 0 saturated heterocycles. The Kier molecular flexibility index (Phi) is 3.31. The summed E-state index contributed by atoms with van der Waals surface area (Å²) in [6.45, 7) is 0. The number of nitriles is 1. The minimum absolute atomic E-state index is 0.112. The van der Waals surface area contributed by atoms with Gasteiger partial charge >= 0.3 is 0 Å². The molecule has 0 atom stereocenters. The van der Waals surface area contributed by atoms with Gasteiger partial charge in [-0.05, 0) is 30.3 Å².